The fraction of sp³-hybridized carbons (Fsp3) is 0.583. The predicted octanol–water partition coefficient (Wildman–Crippen LogP) is -0.156. The highest BCUT2D eigenvalue weighted by atomic mass is 32.2. The molecular formula is C12H17N3O3S. The van der Waals surface area contributed by atoms with Gasteiger partial charge in [0.1, 0.15) is 0 Å². The quantitative estimate of drug-likeness (QED) is 0.819. The largest absolute Gasteiger partial charge is 0.328 e. The Balaban J connectivity index is 1.84. The molecule has 3 heterocycles. The van der Waals surface area contributed by atoms with E-state index in [1.165, 1.54) is 22.6 Å². The van der Waals surface area contributed by atoms with E-state index in [1.54, 1.807) is 0 Å². The summed E-state index contributed by atoms with van der Waals surface area (Å²) in [6.07, 6.45) is 3.49. The fourth-order valence-electron chi connectivity index (χ4n) is 2.89. The molecule has 2 fully saturated rings. The van der Waals surface area contributed by atoms with Crippen molar-refractivity contribution in [3.63, 3.8) is 0 Å². The number of fused-ring (bicyclic) bond motifs is 1. The number of nitrogens with one attached hydrogen (secondary N) is 1. The Morgan fingerprint density at radius 2 is 2.05 bits per heavy atom. The molecule has 2 aliphatic rings. The summed E-state index contributed by atoms with van der Waals surface area (Å²) in [7, 11) is -3.48. The summed E-state index contributed by atoms with van der Waals surface area (Å²) in [4.78, 5) is 15.9. The monoisotopic (exact) mass is 283 g/mol. The molecule has 0 amide bonds. The van der Waals surface area contributed by atoms with Crippen LogP contribution in [0.3, 0.4) is 0 Å². The van der Waals surface area contributed by atoms with Gasteiger partial charge in [-0.2, -0.15) is 4.31 Å². The first-order chi connectivity index (χ1) is 9.07. The maximum Gasteiger partial charge on any atom is 0.247 e. The molecule has 1 aromatic rings. The lowest BCUT2D eigenvalue weighted by Crippen LogP contribution is -2.51. The van der Waals surface area contributed by atoms with E-state index in [1.807, 2.05) is 0 Å². The van der Waals surface area contributed by atoms with Crippen molar-refractivity contribution in [3.05, 3.63) is 28.7 Å². The number of H-pyrrole nitrogens is 1. The molecule has 104 valence electrons. The maximum atomic E-state index is 12.5. The summed E-state index contributed by atoms with van der Waals surface area (Å²) in [6.45, 7) is 2.96. The van der Waals surface area contributed by atoms with E-state index in [9.17, 15) is 13.2 Å². The molecule has 7 heteroatoms. The van der Waals surface area contributed by atoms with Gasteiger partial charge in [0.2, 0.25) is 15.6 Å². The van der Waals surface area contributed by atoms with Crippen molar-refractivity contribution in [2.75, 3.05) is 26.2 Å². The molecule has 2 aliphatic heterocycles. The highest BCUT2D eigenvalue weighted by Crippen LogP contribution is 2.25. The Morgan fingerprint density at radius 1 is 1.21 bits per heavy atom. The van der Waals surface area contributed by atoms with Gasteiger partial charge in [-0.1, -0.05) is 0 Å². The molecule has 6 nitrogen and oxygen atoms in total. The third-order valence-electron chi connectivity index (χ3n) is 3.94. The zero-order valence-corrected chi connectivity index (χ0v) is 11.4. The van der Waals surface area contributed by atoms with Crippen LogP contribution in [0.2, 0.25) is 0 Å². The number of hydrogen-bond donors (Lipinski definition) is 1. The lowest BCUT2D eigenvalue weighted by molar-refractivity contribution is 0.158. The van der Waals surface area contributed by atoms with Crippen LogP contribution in [-0.4, -0.2) is 54.8 Å². The highest BCUT2D eigenvalue weighted by molar-refractivity contribution is 7.89. The number of aromatic amines is 1. The molecule has 0 aliphatic carbocycles. The summed E-state index contributed by atoms with van der Waals surface area (Å²) in [5.41, 5.74) is -0.292. The zero-order chi connectivity index (χ0) is 13.5. The summed E-state index contributed by atoms with van der Waals surface area (Å²) >= 11 is 0. The summed E-state index contributed by atoms with van der Waals surface area (Å²) in [5, 5.41) is 0. The molecule has 1 atom stereocenters. The zero-order valence-electron chi connectivity index (χ0n) is 10.6. The first-order valence-corrected chi connectivity index (χ1v) is 7.94. The van der Waals surface area contributed by atoms with E-state index < -0.39 is 10.0 Å². The Bertz CT molecular complexity index is 605. The van der Waals surface area contributed by atoms with E-state index in [2.05, 4.69) is 9.88 Å². The van der Waals surface area contributed by atoms with Gasteiger partial charge in [0.25, 0.3) is 0 Å². The van der Waals surface area contributed by atoms with Crippen LogP contribution in [0.4, 0.5) is 0 Å². The molecule has 1 unspecified atom stereocenters. The third kappa shape index (κ3) is 2.33. The number of sulfonamides is 1. The Labute approximate surface area is 112 Å². The second kappa shape index (κ2) is 4.73. The van der Waals surface area contributed by atoms with Crippen molar-refractivity contribution in [3.8, 4) is 0 Å². The van der Waals surface area contributed by atoms with Gasteiger partial charge in [-0.15, -0.1) is 0 Å². The van der Waals surface area contributed by atoms with Gasteiger partial charge in [0.05, 0.1) is 4.90 Å². The van der Waals surface area contributed by atoms with E-state index in [-0.39, 0.29) is 10.5 Å². The van der Waals surface area contributed by atoms with E-state index in [0.29, 0.717) is 19.1 Å². The molecule has 19 heavy (non-hydrogen) atoms. The van der Waals surface area contributed by atoms with E-state index >= 15 is 0 Å². The third-order valence-corrected chi connectivity index (χ3v) is 5.80. The second-order valence-corrected chi connectivity index (χ2v) is 7.02. The van der Waals surface area contributed by atoms with Crippen molar-refractivity contribution < 1.29 is 8.42 Å². The Kier molecular flexibility index (Phi) is 3.20. The minimum atomic E-state index is -3.48. The van der Waals surface area contributed by atoms with Crippen LogP contribution >= 0.6 is 0 Å². The summed E-state index contributed by atoms with van der Waals surface area (Å²) < 4.78 is 26.5. The van der Waals surface area contributed by atoms with Gasteiger partial charge in [-0.05, 0) is 25.5 Å². The SMILES string of the molecule is O=c1ccc(S(=O)(=O)N2CCN3CCCC3C2)c[nH]1. The normalized spacial score (nSPS) is 25.4. The molecule has 0 radical (unpaired) electrons. The van der Waals surface area contributed by atoms with E-state index in [0.717, 1.165) is 25.9 Å². The fourth-order valence-corrected chi connectivity index (χ4v) is 4.32. The minimum absolute atomic E-state index is 0.165. The Hall–Kier alpha value is -1.18. The van der Waals surface area contributed by atoms with Crippen LogP contribution in [0.1, 0.15) is 12.8 Å². The lowest BCUT2D eigenvalue weighted by atomic mass is 10.2. The van der Waals surface area contributed by atoms with E-state index in [4.69, 9.17) is 0 Å². The lowest BCUT2D eigenvalue weighted by Gasteiger charge is -2.36. The van der Waals surface area contributed by atoms with Crippen molar-refractivity contribution in [2.24, 2.45) is 0 Å². The predicted molar refractivity (Wildman–Crippen MR) is 70.4 cm³/mol. The van der Waals surface area contributed by atoms with Gasteiger partial charge >= 0.3 is 0 Å². The van der Waals surface area contributed by atoms with Gasteiger partial charge < -0.3 is 4.98 Å². The van der Waals surface area contributed by atoms with Crippen LogP contribution in [0, 0.1) is 0 Å². The van der Waals surface area contributed by atoms with Crippen LogP contribution in [0.5, 0.6) is 0 Å². The van der Waals surface area contributed by atoms with Crippen LogP contribution in [0.25, 0.3) is 0 Å². The Morgan fingerprint density at radius 3 is 2.79 bits per heavy atom. The smallest absolute Gasteiger partial charge is 0.247 e. The minimum Gasteiger partial charge on any atom is -0.328 e. The van der Waals surface area contributed by atoms with Gasteiger partial charge in [0, 0.05) is 37.9 Å². The highest BCUT2D eigenvalue weighted by Gasteiger charge is 2.36. The van der Waals surface area contributed by atoms with Crippen molar-refractivity contribution >= 4 is 10.0 Å². The molecule has 0 saturated carbocycles. The standard InChI is InChI=1S/C12H17N3O3S/c16-12-4-3-11(8-13-12)19(17,18)15-7-6-14-5-1-2-10(14)9-15/h3-4,8,10H,1-2,5-7,9H2,(H,13,16). The number of hydrogen-bond acceptors (Lipinski definition) is 4. The van der Waals surface area contributed by atoms with Gasteiger partial charge in [0.15, 0.2) is 0 Å². The molecule has 1 aromatic heterocycles. The van der Waals surface area contributed by atoms with Crippen molar-refractivity contribution in [1.29, 1.82) is 0 Å². The molecule has 2 saturated heterocycles. The average Bonchev–Trinajstić information content (AvgIpc) is 2.86. The maximum absolute atomic E-state index is 12.5. The first-order valence-electron chi connectivity index (χ1n) is 6.50. The second-order valence-electron chi connectivity index (χ2n) is 5.08. The number of pyridine rings is 1. The van der Waals surface area contributed by atoms with Crippen LogP contribution in [-0.2, 0) is 10.0 Å². The topological polar surface area (TPSA) is 73.5 Å². The first kappa shape index (κ1) is 12.8. The number of nitrogens with zero attached hydrogens (tertiary/aromatic N) is 2. The number of aromatic nitrogens is 1. The van der Waals surface area contributed by atoms with Crippen molar-refractivity contribution in [2.45, 2.75) is 23.8 Å². The molecule has 3 rings (SSSR count). The van der Waals surface area contributed by atoms with Gasteiger partial charge in [-0.25, -0.2) is 8.42 Å². The average molecular weight is 283 g/mol. The molecule has 1 N–H and O–H groups in total. The summed E-state index contributed by atoms with van der Waals surface area (Å²) in [6, 6.07) is 2.97. The van der Waals surface area contributed by atoms with Gasteiger partial charge in [-0.3, -0.25) is 9.69 Å². The number of piperazine rings is 1. The molecular weight excluding hydrogens is 266 g/mol. The van der Waals surface area contributed by atoms with Crippen LogP contribution < -0.4 is 5.56 Å². The molecule has 0 bridgehead atoms. The number of rotatable bonds is 2. The molecule has 0 spiro atoms. The van der Waals surface area contributed by atoms with Crippen LogP contribution in [0.15, 0.2) is 28.0 Å². The van der Waals surface area contributed by atoms with Crippen molar-refractivity contribution in [1.82, 2.24) is 14.2 Å². The molecule has 0 aromatic carbocycles. The summed E-state index contributed by atoms with van der Waals surface area (Å²) in [5.74, 6) is 0.